The molecule has 0 atom stereocenters. The maximum absolute atomic E-state index is 12.3. The summed E-state index contributed by atoms with van der Waals surface area (Å²) in [6.07, 6.45) is 5.08. The summed E-state index contributed by atoms with van der Waals surface area (Å²) in [4.78, 5) is 28.3. The standard InChI is InChI=1S/C20H29N3O3/c24-19(16-26-18-8-4-5-9-18)21-11-10-20(25)23-14-12-22(13-15-23)17-6-2-1-3-7-17/h1-3,6-7,18H,4-5,8-16H2,(H,21,24). The van der Waals surface area contributed by atoms with E-state index in [0.717, 1.165) is 39.0 Å². The van der Waals surface area contributed by atoms with Crippen molar-refractivity contribution in [1.29, 1.82) is 0 Å². The van der Waals surface area contributed by atoms with Crippen molar-refractivity contribution in [3.05, 3.63) is 30.3 Å². The van der Waals surface area contributed by atoms with E-state index in [4.69, 9.17) is 4.74 Å². The Balaban J connectivity index is 1.30. The third-order valence-corrected chi connectivity index (χ3v) is 5.17. The van der Waals surface area contributed by atoms with Gasteiger partial charge >= 0.3 is 0 Å². The van der Waals surface area contributed by atoms with E-state index in [2.05, 4.69) is 22.3 Å². The third-order valence-electron chi connectivity index (χ3n) is 5.17. The minimum atomic E-state index is -0.126. The number of ether oxygens (including phenoxy) is 1. The van der Waals surface area contributed by atoms with E-state index in [1.54, 1.807) is 0 Å². The van der Waals surface area contributed by atoms with E-state index in [0.29, 0.717) is 13.0 Å². The molecule has 1 N–H and O–H groups in total. The molecule has 0 radical (unpaired) electrons. The van der Waals surface area contributed by atoms with E-state index < -0.39 is 0 Å². The van der Waals surface area contributed by atoms with Crippen LogP contribution in [0.25, 0.3) is 0 Å². The van der Waals surface area contributed by atoms with Gasteiger partial charge in [-0.05, 0) is 25.0 Å². The molecule has 1 aliphatic carbocycles. The zero-order chi connectivity index (χ0) is 18.2. The second-order valence-corrected chi connectivity index (χ2v) is 7.02. The Kier molecular flexibility index (Phi) is 6.89. The van der Waals surface area contributed by atoms with Gasteiger partial charge in [0.1, 0.15) is 6.61 Å². The zero-order valence-electron chi connectivity index (χ0n) is 15.4. The Morgan fingerprint density at radius 2 is 1.73 bits per heavy atom. The number of hydrogen-bond acceptors (Lipinski definition) is 4. The summed E-state index contributed by atoms with van der Waals surface area (Å²) in [5, 5.41) is 2.79. The van der Waals surface area contributed by atoms with Crippen LogP contribution in [-0.2, 0) is 14.3 Å². The van der Waals surface area contributed by atoms with Crippen LogP contribution < -0.4 is 10.2 Å². The molecule has 1 heterocycles. The van der Waals surface area contributed by atoms with Crippen LogP contribution in [-0.4, -0.2) is 62.1 Å². The van der Waals surface area contributed by atoms with Crippen LogP contribution in [0.1, 0.15) is 32.1 Å². The number of nitrogens with zero attached hydrogens (tertiary/aromatic N) is 2. The minimum Gasteiger partial charge on any atom is -0.368 e. The summed E-state index contributed by atoms with van der Waals surface area (Å²) in [5.41, 5.74) is 1.20. The normalized spacial score (nSPS) is 18.2. The van der Waals surface area contributed by atoms with Gasteiger partial charge in [-0.1, -0.05) is 31.0 Å². The maximum atomic E-state index is 12.3. The van der Waals surface area contributed by atoms with E-state index in [-0.39, 0.29) is 24.5 Å². The van der Waals surface area contributed by atoms with Crippen molar-refractivity contribution in [3.63, 3.8) is 0 Å². The topological polar surface area (TPSA) is 61.9 Å². The van der Waals surface area contributed by atoms with E-state index >= 15 is 0 Å². The Labute approximate surface area is 155 Å². The summed E-state index contributed by atoms with van der Waals surface area (Å²) in [6.45, 7) is 3.63. The molecule has 0 bridgehead atoms. The monoisotopic (exact) mass is 359 g/mol. The molecule has 1 saturated carbocycles. The predicted octanol–water partition coefficient (Wildman–Crippen LogP) is 1.80. The Bertz CT molecular complexity index is 579. The van der Waals surface area contributed by atoms with Crippen LogP contribution in [0.3, 0.4) is 0 Å². The average molecular weight is 359 g/mol. The first-order chi connectivity index (χ1) is 12.7. The molecular weight excluding hydrogens is 330 g/mol. The fourth-order valence-electron chi connectivity index (χ4n) is 3.62. The fourth-order valence-corrected chi connectivity index (χ4v) is 3.62. The lowest BCUT2D eigenvalue weighted by atomic mass is 10.2. The molecule has 0 unspecified atom stereocenters. The van der Waals surface area contributed by atoms with Gasteiger partial charge < -0.3 is 19.9 Å². The van der Waals surface area contributed by atoms with Crippen molar-refractivity contribution in [2.75, 3.05) is 44.2 Å². The molecule has 1 aromatic carbocycles. The van der Waals surface area contributed by atoms with E-state index in [1.807, 2.05) is 23.1 Å². The van der Waals surface area contributed by atoms with Crippen molar-refractivity contribution in [2.45, 2.75) is 38.2 Å². The van der Waals surface area contributed by atoms with E-state index in [9.17, 15) is 9.59 Å². The summed E-state index contributed by atoms with van der Waals surface area (Å²) >= 11 is 0. The van der Waals surface area contributed by atoms with Crippen LogP contribution in [0.4, 0.5) is 5.69 Å². The lowest BCUT2D eigenvalue weighted by Gasteiger charge is -2.36. The molecule has 26 heavy (non-hydrogen) atoms. The van der Waals surface area contributed by atoms with Crippen molar-refractivity contribution in [1.82, 2.24) is 10.2 Å². The molecule has 6 nitrogen and oxygen atoms in total. The number of rotatable bonds is 7. The van der Waals surface area contributed by atoms with Crippen molar-refractivity contribution >= 4 is 17.5 Å². The van der Waals surface area contributed by atoms with Crippen molar-refractivity contribution in [2.24, 2.45) is 0 Å². The number of nitrogens with one attached hydrogen (secondary N) is 1. The lowest BCUT2D eigenvalue weighted by molar-refractivity contribution is -0.131. The number of carbonyl (C=O) groups is 2. The van der Waals surface area contributed by atoms with Crippen LogP contribution in [0.5, 0.6) is 0 Å². The quantitative estimate of drug-likeness (QED) is 0.806. The first-order valence-electron chi connectivity index (χ1n) is 9.68. The van der Waals surface area contributed by atoms with Gasteiger partial charge in [0.15, 0.2) is 0 Å². The number of benzene rings is 1. The highest BCUT2D eigenvalue weighted by Crippen LogP contribution is 2.20. The molecule has 2 aliphatic rings. The van der Waals surface area contributed by atoms with Gasteiger partial charge in [-0.25, -0.2) is 0 Å². The highest BCUT2D eigenvalue weighted by molar-refractivity contribution is 5.79. The molecule has 2 amide bonds. The molecule has 6 heteroatoms. The summed E-state index contributed by atoms with van der Waals surface area (Å²) in [5.74, 6) is -0.0201. The summed E-state index contributed by atoms with van der Waals surface area (Å²) in [6, 6.07) is 10.3. The highest BCUT2D eigenvalue weighted by Gasteiger charge is 2.21. The van der Waals surface area contributed by atoms with Crippen LogP contribution in [0.2, 0.25) is 0 Å². The van der Waals surface area contributed by atoms with Gasteiger partial charge in [0, 0.05) is 44.8 Å². The summed E-state index contributed by atoms with van der Waals surface area (Å²) in [7, 11) is 0. The SMILES string of the molecule is O=C(COC1CCCC1)NCCC(=O)N1CCN(c2ccccc2)CC1. The predicted molar refractivity (Wildman–Crippen MR) is 101 cm³/mol. The summed E-state index contributed by atoms with van der Waals surface area (Å²) < 4.78 is 5.58. The minimum absolute atomic E-state index is 0.106. The van der Waals surface area contributed by atoms with E-state index in [1.165, 1.54) is 18.5 Å². The van der Waals surface area contributed by atoms with Gasteiger partial charge in [0.25, 0.3) is 0 Å². The third kappa shape index (κ3) is 5.46. The Hall–Kier alpha value is -2.08. The average Bonchev–Trinajstić information content (AvgIpc) is 3.21. The Morgan fingerprint density at radius 3 is 2.42 bits per heavy atom. The van der Waals surface area contributed by atoms with Gasteiger partial charge in [-0.3, -0.25) is 9.59 Å². The van der Waals surface area contributed by atoms with Gasteiger partial charge in [-0.2, -0.15) is 0 Å². The molecule has 2 fully saturated rings. The first-order valence-corrected chi connectivity index (χ1v) is 9.68. The first kappa shape index (κ1) is 18.7. The molecule has 1 aromatic rings. The number of amides is 2. The van der Waals surface area contributed by atoms with Crippen LogP contribution >= 0.6 is 0 Å². The number of para-hydroxylation sites is 1. The van der Waals surface area contributed by atoms with Crippen LogP contribution in [0, 0.1) is 0 Å². The number of anilines is 1. The zero-order valence-corrected chi connectivity index (χ0v) is 15.4. The molecule has 0 aromatic heterocycles. The smallest absolute Gasteiger partial charge is 0.246 e. The number of piperazine rings is 1. The number of hydrogen-bond donors (Lipinski definition) is 1. The largest absolute Gasteiger partial charge is 0.368 e. The van der Waals surface area contributed by atoms with Crippen LogP contribution in [0.15, 0.2) is 30.3 Å². The fraction of sp³-hybridized carbons (Fsp3) is 0.600. The second-order valence-electron chi connectivity index (χ2n) is 7.02. The van der Waals surface area contributed by atoms with Crippen molar-refractivity contribution in [3.8, 4) is 0 Å². The van der Waals surface area contributed by atoms with Crippen molar-refractivity contribution < 1.29 is 14.3 Å². The highest BCUT2D eigenvalue weighted by atomic mass is 16.5. The second kappa shape index (κ2) is 9.57. The maximum Gasteiger partial charge on any atom is 0.246 e. The molecule has 1 aliphatic heterocycles. The van der Waals surface area contributed by atoms with Gasteiger partial charge in [0.05, 0.1) is 6.10 Å². The molecule has 142 valence electrons. The Morgan fingerprint density at radius 1 is 1.04 bits per heavy atom. The lowest BCUT2D eigenvalue weighted by Crippen LogP contribution is -2.49. The van der Waals surface area contributed by atoms with Gasteiger partial charge in [-0.15, -0.1) is 0 Å². The number of carbonyl (C=O) groups excluding carboxylic acids is 2. The molecular formula is C20H29N3O3. The molecule has 0 spiro atoms. The molecule has 1 saturated heterocycles. The van der Waals surface area contributed by atoms with Gasteiger partial charge in [0.2, 0.25) is 11.8 Å². The molecule has 3 rings (SSSR count).